The molecule has 1 saturated carbocycles. The molecule has 2 N–H and O–H groups in total. The molecule has 0 unspecified atom stereocenters. The zero-order valence-corrected chi connectivity index (χ0v) is 19.8. The number of hydrogen-bond donors (Lipinski definition) is 2. The third kappa shape index (κ3) is 4.42. The lowest BCUT2D eigenvalue weighted by Crippen LogP contribution is -2.34. The van der Waals surface area contributed by atoms with Crippen LogP contribution in [0.4, 0.5) is 13.2 Å². The van der Waals surface area contributed by atoms with Crippen LogP contribution in [-0.2, 0) is 6.61 Å². The summed E-state index contributed by atoms with van der Waals surface area (Å²) in [5, 5.41) is 10.4. The number of aromatic carboxylic acids is 1. The summed E-state index contributed by atoms with van der Waals surface area (Å²) >= 11 is 0.733. The van der Waals surface area contributed by atoms with Gasteiger partial charge in [0, 0.05) is 17.5 Å². The van der Waals surface area contributed by atoms with Crippen LogP contribution in [-0.4, -0.2) is 33.8 Å². The van der Waals surface area contributed by atoms with Crippen LogP contribution in [0.25, 0.3) is 16.6 Å². The zero-order chi connectivity index (χ0) is 26.4. The molecule has 0 radical (unpaired) electrons. The molecule has 1 aliphatic rings. The average molecular weight is 534 g/mol. The minimum absolute atomic E-state index is 0.00247. The van der Waals surface area contributed by atoms with Gasteiger partial charge in [-0.1, -0.05) is 0 Å². The van der Waals surface area contributed by atoms with Gasteiger partial charge in [-0.15, -0.1) is 11.3 Å². The minimum atomic E-state index is -1.39. The van der Waals surface area contributed by atoms with Gasteiger partial charge in [0.1, 0.15) is 17.2 Å². The summed E-state index contributed by atoms with van der Waals surface area (Å²) in [6.07, 6.45) is 1.21. The number of thiophene rings is 1. The van der Waals surface area contributed by atoms with E-state index in [1.807, 2.05) is 0 Å². The molecule has 0 aliphatic heterocycles. The van der Waals surface area contributed by atoms with Gasteiger partial charge in [-0.05, 0) is 25.0 Å². The molecule has 2 aromatic heterocycles. The number of methoxy groups -OCH3 is 1. The number of rotatable bonds is 8. The third-order valence-corrected chi connectivity index (χ3v) is 6.63. The second-order valence-corrected chi connectivity index (χ2v) is 9.01. The number of aromatic nitrogens is 2. The zero-order valence-electron chi connectivity index (χ0n) is 19.0. The number of carboxylic acids is 1. The average Bonchev–Trinajstić information content (AvgIpc) is 3.57. The number of nitrogens with zero attached hydrogens (tertiary/aromatic N) is 1. The van der Waals surface area contributed by atoms with E-state index in [1.54, 1.807) is 0 Å². The molecule has 0 bridgehead atoms. The van der Waals surface area contributed by atoms with Crippen LogP contribution < -0.4 is 25.5 Å². The van der Waals surface area contributed by atoms with Gasteiger partial charge in [0.2, 0.25) is 0 Å². The molecule has 4 aromatic rings. The second-order valence-electron chi connectivity index (χ2n) is 8.13. The van der Waals surface area contributed by atoms with Crippen molar-refractivity contribution in [1.29, 1.82) is 0 Å². The van der Waals surface area contributed by atoms with Crippen molar-refractivity contribution in [3.63, 3.8) is 0 Å². The Balaban J connectivity index is 1.64. The van der Waals surface area contributed by atoms with Crippen LogP contribution in [0.3, 0.4) is 0 Å². The molecular weight excluding hydrogens is 517 g/mol. The molecule has 2 heterocycles. The Morgan fingerprint density at radius 3 is 2.57 bits per heavy atom. The molecule has 1 aliphatic carbocycles. The van der Waals surface area contributed by atoms with Crippen molar-refractivity contribution in [3.05, 3.63) is 78.4 Å². The number of carboxylic acid groups (broad SMARTS) is 1. The number of aromatic amines is 1. The molecule has 192 valence electrons. The SMILES string of the molecule is COc1ccc(F)c(F)c1COc1cc(-n2c(=O)[nH]c3csc(C(=O)O)c3c2=O)c(F)cc1OC1CC1. The van der Waals surface area contributed by atoms with Crippen LogP contribution in [0.15, 0.2) is 39.2 Å². The first kappa shape index (κ1) is 24.4. The Labute approximate surface area is 209 Å². The summed E-state index contributed by atoms with van der Waals surface area (Å²) in [6, 6.07) is 4.01. The van der Waals surface area contributed by atoms with Crippen molar-refractivity contribution < 1.29 is 37.3 Å². The molecule has 1 fully saturated rings. The summed E-state index contributed by atoms with van der Waals surface area (Å²) < 4.78 is 60.4. The van der Waals surface area contributed by atoms with Gasteiger partial charge in [0.25, 0.3) is 5.56 Å². The number of halogens is 3. The van der Waals surface area contributed by atoms with Gasteiger partial charge < -0.3 is 24.3 Å². The summed E-state index contributed by atoms with van der Waals surface area (Å²) in [4.78, 5) is 39.5. The Morgan fingerprint density at radius 1 is 1.14 bits per heavy atom. The van der Waals surface area contributed by atoms with E-state index < -0.39 is 47.0 Å². The number of nitrogens with one attached hydrogen (secondary N) is 1. The summed E-state index contributed by atoms with van der Waals surface area (Å²) in [5.41, 5.74) is -2.90. The predicted molar refractivity (Wildman–Crippen MR) is 126 cm³/mol. The minimum Gasteiger partial charge on any atom is -0.496 e. The van der Waals surface area contributed by atoms with E-state index in [4.69, 9.17) is 14.2 Å². The van der Waals surface area contributed by atoms with Gasteiger partial charge in [0.15, 0.2) is 29.0 Å². The quantitative estimate of drug-likeness (QED) is 0.351. The van der Waals surface area contributed by atoms with Crippen LogP contribution in [0.1, 0.15) is 28.1 Å². The van der Waals surface area contributed by atoms with Gasteiger partial charge in [-0.2, -0.15) is 0 Å². The van der Waals surface area contributed by atoms with Crippen molar-refractivity contribution in [2.24, 2.45) is 0 Å². The fourth-order valence-corrected chi connectivity index (χ4v) is 4.56. The fourth-order valence-electron chi connectivity index (χ4n) is 3.73. The van der Waals surface area contributed by atoms with E-state index in [2.05, 4.69) is 4.98 Å². The van der Waals surface area contributed by atoms with Gasteiger partial charge in [-0.3, -0.25) is 4.79 Å². The van der Waals surface area contributed by atoms with E-state index >= 15 is 4.39 Å². The first-order valence-corrected chi connectivity index (χ1v) is 11.7. The monoisotopic (exact) mass is 534 g/mol. The predicted octanol–water partition coefficient (Wildman–Crippen LogP) is 3.98. The van der Waals surface area contributed by atoms with Crippen LogP contribution in [0.5, 0.6) is 17.2 Å². The van der Waals surface area contributed by atoms with Crippen molar-refractivity contribution in [2.45, 2.75) is 25.6 Å². The molecule has 37 heavy (non-hydrogen) atoms. The second kappa shape index (κ2) is 9.32. The van der Waals surface area contributed by atoms with Crippen LogP contribution >= 0.6 is 11.3 Å². The largest absolute Gasteiger partial charge is 0.496 e. The Hall–Kier alpha value is -4.26. The standard InChI is InChI=1S/C24H17F3N2O7S/c1-34-16-5-4-12(25)20(27)11(16)8-35-17-7-15(13(26)6-18(17)36-10-2-3-10)29-22(30)19-14(28-24(29)33)9-37-21(19)23(31)32/h4-7,9-10H,2-3,8H2,1H3,(H,28,33)(H,31,32). The lowest BCUT2D eigenvalue weighted by atomic mass is 10.2. The van der Waals surface area contributed by atoms with Gasteiger partial charge >= 0.3 is 11.7 Å². The number of fused-ring (bicyclic) bond motifs is 1. The fraction of sp³-hybridized carbons (Fsp3) is 0.208. The maximum atomic E-state index is 15.2. The Morgan fingerprint density at radius 2 is 1.89 bits per heavy atom. The van der Waals surface area contributed by atoms with Crippen molar-refractivity contribution in [2.75, 3.05) is 7.11 Å². The van der Waals surface area contributed by atoms with Crippen LogP contribution in [0.2, 0.25) is 0 Å². The smallest absolute Gasteiger partial charge is 0.346 e. The first-order chi connectivity index (χ1) is 17.7. The lowest BCUT2D eigenvalue weighted by Gasteiger charge is -2.17. The Kier molecular flexibility index (Phi) is 6.15. The normalized spacial score (nSPS) is 13.1. The number of carbonyl (C=O) groups is 1. The topological polar surface area (TPSA) is 120 Å². The highest BCUT2D eigenvalue weighted by molar-refractivity contribution is 7.13. The summed E-state index contributed by atoms with van der Waals surface area (Å²) in [7, 11) is 1.26. The van der Waals surface area contributed by atoms with E-state index in [0.717, 1.165) is 29.5 Å². The van der Waals surface area contributed by atoms with E-state index in [-0.39, 0.29) is 44.7 Å². The molecule has 0 atom stereocenters. The first-order valence-electron chi connectivity index (χ1n) is 10.8. The number of ether oxygens (including phenoxy) is 3. The Bertz CT molecular complexity index is 1670. The summed E-state index contributed by atoms with van der Waals surface area (Å²) in [5.74, 6) is -5.00. The number of benzene rings is 2. The molecule has 2 aromatic carbocycles. The molecule has 0 spiro atoms. The molecule has 0 saturated heterocycles. The van der Waals surface area contributed by atoms with E-state index in [0.29, 0.717) is 17.4 Å². The molecule has 0 amide bonds. The van der Waals surface area contributed by atoms with Crippen molar-refractivity contribution in [1.82, 2.24) is 9.55 Å². The molecule has 5 rings (SSSR count). The van der Waals surface area contributed by atoms with E-state index in [9.17, 15) is 28.3 Å². The maximum absolute atomic E-state index is 15.2. The highest BCUT2D eigenvalue weighted by atomic mass is 32.1. The number of hydrogen-bond acceptors (Lipinski definition) is 7. The number of H-pyrrole nitrogens is 1. The third-order valence-electron chi connectivity index (χ3n) is 5.66. The highest BCUT2D eigenvalue weighted by Crippen LogP contribution is 2.37. The van der Waals surface area contributed by atoms with Crippen LogP contribution in [0, 0.1) is 17.5 Å². The molecular formula is C24H17F3N2O7S. The summed E-state index contributed by atoms with van der Waals surface area (Å²) in [6.45, 7) is -0.559. The highest BCUT2D eigenvalue weighted by Gasteiger charge is 2.28. The maximum Gasteiger partial charge on any atom is 0.346 e. The molecule has 9 nitrogen and oxygen atoms in total. The molecule has 13 heteroatoms. The van der Waals surface area contributed by atoms with Gasteiger partial charge in [-0.25, -0.2) is 27.3 Å². The van der Waals surface area contributed by atoms with Crippen molar-refractivity contribution >= 4 is 28.2 Å². The lowest BCUT2D eigenvalue weighted by molar-refractivity contribution is 0.0704. The van der Waals surface area contributed by atoms with E-state index in [1.165, 1.54) is 18.6 Å². The van der Waals surface area contributed by atoms with Crippen molar-refractivity contribution in [3.8, 4) is 22.9 Å². The van der Waals surface area contributed by atoms with Gasteiger partial charge in [0.05, 0.1) is 35.4 Å².